The average Bonchev–Trinajstić information content (AvgIpc) is 2.79. The molecule has 3 rings (SSSR count). The van der Waals surface area contributed by atoms with Crippen molar-refractivity contribution in [2.75, 3.05) is 0 Å². The second-order valence-corrected chi connectivity index (χ2v) is 4.53. The summed E-state index contributed by atoms with van der Waals surface area (Å²) in [5.41, 5.74) is 0.971. The molecule has 0 saturated carbocycles. The standard InChI is InChI=1S/C13H11BO4/c15-12-8-11-9-13(16)18-14(11,17-12)7-6-10-4-2-1-3-5-10/h1-7H,8-9H2/b7-6+. The molecule has 2 aliphatic rings. The summed E-state index contributed by atoms with van der Waals surface area (Å²) in [6.45, 7) is -1.98. The Kier molecular flexibility index (Phi) is 2.40. The third-order valence-corrected chi connectivity index (χ3v) is 3.27. The van der Waals surface area contributed by atoms with Crippen molar-refractivity contribution in [2.24, 2.45) is 0 Å². The van der Waals surface area contributed by atoms with E-state index in [1.54, 1.807) is 5.98 Å². The van der Waals surface area contributed by atoms with Gasteiger partial charge in [0, 0.05) is 5.82 Å². The van der Waals surface area contributed by atoms with E-state index in [2.05, 4.69) is 0 Å². The van der Waals surface area contributed by atoms with Crippen LogP contribution in [0.15, 0.2) is 36.3 Å². The average molecular weight is 242 g/mol. The topological polar surface area (TPSA) is 52.6 Å². The molecule has 0 aliphatic carbocycles. The van der Waals surface area contributed by atoms with E-state index < -0.39 is 6.55 Å². The molecule has 0 spiro atoms. The smallest absolute Gasteiger partial charge is 0.581 e. The summed E-state index contributed by atoms with van der Waals surface area (Å²) in [5, 5.41) is 0. The van der Waals surface area contributed by atoms with Gasteiger partial charge in [-0.2, -0.15) is 0 Å². The Morgan fingerprint density at radius 1 is 1.06 bits per heavy atom. The largest absolute Gasteiger partial charge is 0.610 e. The first-order valence-corrected chi connectivity index (χ1v) is 5.86. The Morgan fingerprint density at radius 3 is 2.28 bits per heavy atom. The summed E-state index contributed by atoms with van der Waals surface area (Å²) < 4.78 is 10.4. The third-order valence-electron chi connectivity index (χ3n) is 3.27. The van der Waals surface area contributed by atoms with Crippen molar-refractivity contribution >= 4 is 24.6 Å². The molecule has 2 fully saturated rings. The summed E-state index contributed by atoms with van der Waals surface area (Å²) in [6, 6.07) is 9.60. The molecule has 0 bridgehead atoms. The van der Waals surface area contributed by atoms with Gasteiger partial charge in [0.1, 0.15) is 12.8 Å². The van der Waals surface area contributed by atoms with Crippen molar-refractivity contribution in [1.82, 2.24) is 0 Å². The Morgan fingerprint density at radius 2 is 1.67 bits per heavy atom. The highest BCUT2D eigenvalue weighted by molar-refractivity contribution is 6.84. The lowest BCUT2D eigenvalue weighted by Gasteiger charge is -2.20. The molecule has 1 aromatic carbocycles. The molecule has 1 aromatic rings. The molecule has 2 aliphatic heterocycles. The van der Waals surface area contributed by atoms with Crippen molar-refractivity contribution in [1.29, 1.82) is 0 Å². The Bertz CT molecular complexity index is 503. The zero-order valence-corrected chi connectivity index (χ0v) is 9.67. The minimum Gasteiger partial charge on any atom is -0.610 e. The molecule has 0 amide bonds. The Hall–Kier alpha value is -2.17. The van der Waals surface area contributed by atoms with E-state index in [0.29, 0.717) is 0 Å². The molecule has 18 heavy (non-hydrogen) atoms. The Balaban J connectivity index is 1.88. The normalized spacial score (nSPS) is 21.0. The van der Waals surface area contributed by atoms with E-state index in [-0.39, 0.29) is 24.8 Å². The van der Waals surface area contributed by atoms with E-state index in [4.69, 9.17) is 9.31 Å². The van der Waals surface area contributed by atoms with Gasteiger partial charge in [0.25, 0.3) is 0 Å². The minimum atomic E-state index is -1.98. The number of fused-ring (bicyclic) bond motifs is 1. The molecular weight excluding hydrogens is 231 g/mol. The van der Waals surface area contributed by atoms with Gasteiger partial charge in [0.2, 0.25) is 0 Å². The number of hydrogen-bond donors (Lipinski definition) is 0. The van der Waals surface area contributed by atoms with Crippen LogP contribution in [0.25, 0.3) is 6.08 Å². The first-order chi connectivity index (χ1) is 8.68. The van der Waals surface area contributed by atoms with Gasteiger partial charge in [0.05, 0.1) is 0 Å². The SMILES string of the molecule is O=C1C[C+]2CC(=O)O[B-]2(/C=C/c2ccccc2)O1. The number of rotatable bonds is 2. The van der Waals surface area contributed by atoms with Crippen molar-refractivity contribution < 1.29 is 18.9 Å². The number of carbonyl (C=O) groups is 2. The van der Waals surface area contributed by atoms with Crippen molar-refractivity contribution in [3.63, 3.8) is 0 Å². The summed E-state index contributed by atoms with van der Waals surface area (Å²) in [5.74, 6) is 1.79. The molecule has 2 heterocycles. The van der Waals surface area contributed by atoms with E-state index in [1.165, 1.54) is 0 Å². The van der Waals surface area contributed by atoms with Gasteiger partial charge in [0.15, 0.2) is 0 Å². The van der Waals surface area contributed by atoms with Gasteiger partial charge in [-0.15, -0.1) is 5.98 Å². The van der Waals surface area contributed by atoms with Crippen molar-refractivity contribution in [3.8, 4) is 0 Å². The van der Waals surface area contributed by atoms with Gasteiger partial charge in [-0.25, -0.2) is 0 Å². The van der Waals surface area contributed by atoms with Gasteiger partial charge in [-0.05, 0) is 5.56 Å². The summed E-state index contributed by atoms with van der Waals surface area (Å²) in [4.78, 5) is 22.7. The molecule has 0 aromatic heterocycles. The number of carbonyl (C=O) groups excluding carboxylic acids is 2. The lowest BCUT2D eigenvalue weighted by molar-refractivity contribution is -0.138. The summed E-state index contributed by atoms with van der Waals surface area (Å²) in [6.07, 6.45) is 2.19. The maximum absolute atomic E-state index is 11.3. The molecule has 0 radical (unpaired) electrons. The Labute approximate surface area is 105 Å². The lowest BCUT2D eigenvalue weighted by Crippen LogP contribution is -2.37. The van der Waals surface area contributed by atoms with Crippen LogP contribution in [0.4, 0.5) is 0 Å². The second-order valence-electron chi connectivity index (χ2n) is 4.53. The zero-order chi connectivity index (χ0) is 12.6. The molecule has 0 N–H and O–H groups in total. The highest BCUT2D eigenvalue weighted by atomic mass is 16.7. The minimum absolute atomic E-state index is 0.185. The number of hydrogen-bond acceptors (Lipinski definition) is 4. The molecule has 5 heteroatoms. The van der Waals surface area contributed by atoms with Gasteiger partial charge >= 0.3 is 18.5 Å². The molecule has 0 atom stereocenters. The fourth-order valence-corrected chi connectivity index (χ4v) is 2.40. The van der Waals surface area contributed by atoms with Crippen LogP contribution in [0, 0.1) is 5.82 Å². The summed E-state index contributed by atoms with van der Waals surface area (Å²) in [7, 11) is 0. The highest BCUT2D eigenvalue weighted by Gasteiger charge is 2.62. The first kappa shape index (κ1) is 11.0. The zero-order valence-electron chi connectivity index (χ0n) is 9.67. The molecule has 2 saturated heterocycles. The molecular formula is C13H11BO4. The fourth-order valence-electron chi connectivity index (χ4n) is 2.40. The van der Waals surface area contributed by atoms with Crippen LogP contribution < -0.4 is 0 Å². The van der Waals surface area contributed by atoms with E-state index >= 15 is 0 Å². The van der Waals surface area contributed by atoms with Crippen LogP contribution in [0.1, 0.15) is 18.4 Å². The lowest BCUT2D eigenvalue weighted by atomic mass is 9.48. The van der Waals surface area contributed by atoms with Crippen LogP contribution in [0.5, 0.6) is 0 Å². The van der Waals surface area contributed by atoms with Crippen molar-refractivity contribution in [3.05, 3.63) is 47.7 Å². The monoisotopic (exact) mass is 242 g/mol. The first-order valence-electron chi connectivity index (χ1n) is 5.86. The maximum Gasteiger partial charge on any atom is 0.581 e. The van der Waals surface area contributed by atoms with E-state index in [1.807, 2.05) is 36.4 Å². The van der Waals surface area contributed by atoms with Crippen molar-refractivity contribution in [2.45, 2.75) is 12.8 Å². The number of benzene rings is 1. The fraction of sp³-hybridized carbons (Fsp3) is 0.154. The molecule has 90 valence electrons. The van der Waals surface area contributed by atoms with Crippen LogP contribution in [0.3, 0.4) is 0 Å². The van der Waals surface area contributed by atoms with E-state index in [9.17, 15) is 9.59 Å². The quantitative estimate of drug-likeness (QED) is 0.584. The second kappa shape index (κ2) is 3.94. The summed E-state index contributed by atoms with van der Waals surface area (Å²) >= 11 is 0. The van der Waals surface area contributed by atoms with Crippen LogP contribution in [-0.2, 0) is 18.9 Å². The van der Waals surface area contributed by atoms with Crippen LogP contribution in [-0.4, -0.2) is 18.5 Å². The van der Waals surface area contributed by atoms with Crippen LogP contribution in [0.2, 0.25) is 0 Å². The van der Waals surface area contributed by atoms with E-state index in [0.717, 1.165) is 11.4 Å². The van der Waals surface area contributed by atoms with Gasteiger partial charge in [-0.1, -0.05) is 36.4 Å². The molecule has 4 nitrogen and oxygen atoms in total. The third kappa shape index (κ3) is 1.77. The predicted molar refractivity (Wildman–Crippen MR) is 65.9 cm³/mol. The predicted octanol–water partition coefficient (Wildman–Crippen LogP) is 1.69. The maximum atomic E-state index is 11.3. The van der Waals surface area contributed by atoms with Gasteiger partial charge in [-0.3, -0.25) is 9.59 Å². The van der Waals surface area contributed by atoms with Gasteiger partial charge < -0.3 is 9.31 Å². The molecule has 0 unspecified atom stereocenters. The van der Waals surface area contributed by atoms with Crippen LogP contribution >= 0.6 is 0 Å². The highest BCUT2D eigenvalue weighted by Crippen LogP contribution is 2.41.